The van der Waals surface area contributed by atoms with Gasteiger partial charge in [-0.2, -0.15) is 0 Å². The van der Waals surface area contributed by atoms with E-state index in [0.29, 0.717) is 0 Å². The molecular formula is C13H15BrN+. The van der Waals surface area contributed by atoms with Crippen molar-refractivity contribution in [1.82, 2.24) is 0 Å². The summed E-state index contributed by atoms with van der Waals surface area (Å²) < 4.78 is 3.43. The lowest BCUT2D eigenvalue weighted by molar-refractivity contribution is -0.696. The first-order valence-corrected chi connectivity index (χ1v) is 6.18. The van der Waals surface area contributed by atoms with Crippen molar-refractivity contribution in [3.05, 3.63) is 41.1 Å². The van der Waals surface area contributed by atoms with Crippen LogP contribution in [-0.4, -0.2) is 0 Å². The summed E-state index contributed by atoms with van der Waals surface area (Å²) in [5.41, 5.74) is 0. The van der Waals surface area contributed by atoms with Gasteiger partial charge in [-0.1, -0.05) is 35.3 Å². The molecule has 0 aliphatic rings. The van der Waals surface area contributed by atoms with Gasteiger partial charge in [-0.05, 0) is 12.1 Å². The van der Waals surface area contributed by atoms with Gasteiger partial charge in [0.05, 0.1) is 0 Å². The molecule has 0 saturated carbocycles. The number of rotatable bonds is 3. The molecule has 0 aliphatic heterocycles. The molecule has 1 aromatic carbocycles. The summed E-state index contributed by atoms with van der Waals surface area (Å²) in [5, 5.41) is 2.58. The average molecular weight is 265 g/mol. The molecule has 2 aromatic rings. The maximum atomic E-state index is 3.56. The maximum Gasteiger partial charge on any atom is 0.176 e. The van der Waals surface area contributed by atoms with Gasteiger partial charge in [-0.3, -0.25) is 0 Å². The molecule has 0 bridgehead atoms. The molecule has 0 atom stereocenters. The van der Waals surface area contributed by atoms with Gasteiger partial charge in [0.2, 0.25) is 0 Å². The van der Waals surface area contributed by atoms with Crippen molar-refractivity contribution in [2.24, 2.45) is 0 Å². The number of halogens is 1. The quantitative estimate of drug-likeness (QED) is 0.745. The molecule has 0 N–H and O–H groups in total. The van der Waals surface area contributed by atoms with E-state index in [2.05, 4.69) is 64.1 Å². The lowest BCUT2D eigenvalue weighted by Crippen LogP contribution is -2.32. The highest BCUT2D eigenvalue weighted by Crippen LogP contribution is 2.21. The third kappa shape index (κ3) is 2.37. The fourth-order valence-corrected chi connectivity index (χ4v) is 2.23. The molecule has 15 heavy (non-hydrogen) atoms. The Morgan fingerprint density at radius 1 is 1.27 bits per heavy atom. The first-order chi connectivity index (χ1) is 7.31. The highest BCUT2D eigenvalue weighted by molar-refractivity contribution is 9.10. The van der Waals surface area contributed by atoms with E-state index in [1.54, 1.807) is 0 Å². The molecule has 0 radical (unpaired) electrons. The van der Waals surface area contributed by atoms with Crippen LogP contribution in [0, 0.1) is 0 Å². The van der Waals surface area contributed by atoms with Gasteiger partial charge in [-0.15, -0.1) is 0 Å². The van der Waals surface area contributed by atoms with Crippen molar-refractivity contribution in [2.75, 3.05) is 0 Å². The predicted octanol–water partition coefficient (Wildman–Crippen LogP) is 3.69. The van der Waals surface area contributed by atoms with E-state index in [1.807, 2.05) is 0 Å². The number of aromatic nitrogens is 1. The summed E-state index contributed by atoms with van der Waals surface area (Å²) in [5.74, 6) is 0. The van der Waals surface area contributed by atoms with Crippen LogP contribution < -0.4 is 4.57 Å². The molecular weight excluding hydrogens is 250 g/mol. The SMILES string of the molecule is CCCC[n+]1ccc2c(Br)cccc2c1. The second kappa shape index (κ2) is 4.75. The molecule has 0 amide bonds. The number of unbranched alkanes of at least 4 members (excludes halogenated alkanes) is 1. The number of hydrogen-bond donors (Lipinski definition) is 0. The van der Waals surface area contributed by atoms with Crippen molar-refractivity contribution >= 4 is 26.7 Å². The van der Waals surface area contributed by atoms with Crippen LogP contribution in [0.2, 0.25) is 0 Å². The van der Waals surface area contributed by atoms with Crippen LogP contribution in [-0.2, 0) is 6.54 Å². The standard InChI is InChI=1S/C13H15BrN/c1-2-3-8-15-9-7-12-11(10-15)5-4-6-13(12)14/h4-7,9-10H,2-3,8H2,1H3/q+1. The van der Waals surface area contributed by atoms with E-state index in [0.717, 1.165) is 6.54 Å². The summed E-state index contributed by atoms with van der Waals surface area (Å²) in [6.45, 7) is 3.33. The topological polar surface area (TPSA) is 3.88 Å². The van der Waals surface area contributed by atoms with Crippen LogP contribution in [0.3, 0.4) is 0 Å². The lowest BCUT2D eigenvalue weighted by atomic mass is 10.2. The number of pyridine rings is 1. The fraction of sp³-hybridized carbons (Fsp3) is 0.308. The maximum absolute atomic E-state index is 3.56. The molecule has 2 rings (SSSR count). The number of aryl methyl sites for hydroxylation is 1. The van der Waals surface area contributed by atoms with Crippen molar-refractivity contribution in [3.63, 3.8) is 0 Å². The molecule has 0 saturated heterocycles. The van der Waals surface area contributed by atoms with E-state index in [4.69, 9.17) is 0 Å². The number of fused-ring (bicyclic) bond motifs is 1. The van der Waals surface area contributed by atoms with Gasteiger partial charge >= 0.3 is 0 Å². The lowest BCUT2D eigenvalue weighted by Gasteiger charge is -2.00. The van der Waals surface area contributed by atoms with Gasteiger partial charge in [0.15, 0.2) is 12.4 Å². The number of nitrogens with zero attached hydrogens (tertiary/aromatic N) is 1. The van der Waals surface area contributed by atoms with Crippen molar-refractivity contribution in [2.45, 2.75) is 26.3 Å². The summed E-state index contributed by atoms with van der Waals surface area (Å²) in [6.07, 6.45) is 6.85. The normalized spacial score (nSPS) is 10.8. The minimum atomic E-state index is 1.11. The molecule has 78 valence electrons. The zero-order valence-corrected chi connectivity index (χ0v) is 10.5. The van der Waals surface area contributed by atoms with Gasteiger partial charge < -0.3 is 0 Å². The van der Waals surface area contributed by atoms with Crippen LogP contribution >= 0.6 is 15.9 Å². The Labute approximate surface area is 98.9 Å². The zero-order chi connectivity index (χ0) is 10.7. The van der Waals surface area contributed by atoms with Gasteiger partial charge in [0, 0.05) is 27.7 Å². The van der Waals surface area contributed by atoms with Crippen LogP contribution in [0.25, 0.3) is 10.8 Å². The number of benzene rings is 1. The highest BCUT2D eigenvalue weighted by Gasteiger charge is 2.04. The molecule has 0 unspecified atom stereocenters. The van der Waals surface area contributed by atoms with Crippen LogP contribution in [0.5, 0.6) is 0 Å². The highest BCUT2D eigenvalue weighted by atomic mass is 79.9. The Morgan fingerprint density at radius 3 is 2.93 bits per heavy atom. The molecule has 1 aromatic heterocycles. The van der Waals surface area contributed by atoms with Crippen molar-refractivity contribution < 1.29 is 4.57 Å². The van der Waals surface area contributed by atoms with Crippen molar-refractivity contribution in [1.29, 1.82) is 0 Å². The van der Waals surface area contributed by atoms with Gasteiger partial charge in [-0.25, -0.2) is 4.57 Å². The molecule has 0 spiro atoms. The Bertz CT molecular complexity index is 465. The van der Waals surface area contributed by atoms with Crippen LogP contribution in [0.1, 0.15) is 19.8 Å². The van der Waals surface area contributed by atoms with Crippen LogP contribution in [0.15, 0.2) is 41.1 Å². The third-order valence-corrected chi connectivity index (χ3v) is 3.29. The summed E-state index contributed by atoms with van der Waals surface area (Å²) in [6, 6.07) is 8.49. The summed E-state index contributed by atoms with van der Waals surface area (Å²) in [4.78, 5) is 0. The van der Waals surface area contributed by atoms with E-state index in [-0.39, 0.29) is 0 Å². The third-order valence-electron chi connectivity index (χ3n) is 2.59. The monoisotopic (exact) mass is 264 g/mol. The van der Waals surface area contributed by atoms with Crippen molar-refractivity contribution in [3.8, 4) is 0 Å². The number of hydrogen-bond acceptors (Lipinski definition) is 0. The Kier molecular flexibility index (Phi) is 3.37. The summed E-state index contributed by atoms with van der Waals surface area (Å²) in [7, 11) is 0. The molecule has 1 nitrogen and oxygen atoms in total. The zero-order valence-electron chi connectivity index (χ0n) is 8.91. The molecule has 1 heterocycles. The molecule has 0 aliphatic carbocycles. The molecule has 0 fully saturated rings. The molecule has 2 heteroatoms. The second-order valence-electron chi connectivity index (χ2n) is 3.78. The van der Waals surface area contributed by atoms with Crippen LogP contribution in [0.4, 0.5) is 0 Å². The average Bonchev–Trinajstić information content (AvgIpc) is 2.26. The van der Waals surface area contributed by atoms with Gasteiger partial charge in [0.25, 0.3) is 0 Å². The predicted molar refractivity (Wildman–Crippen MR) is 66.8 cm³/mol. The van der Waals surface area contributed by atoms with E-state index in [9.17, 15) is 0 Å². The second-order valence-corrected chi connectivity index (χ2v) is 4.63. The smallest absolute Gasteiger partial charge is 0.176 e. The largest absolute Gasteiger partial charge is 0.205 e. The van der Waals surface area contributed by atoms with Gasteiger partial charge in [0.1, 0.15) is 6.54 Å². The van der Waals surface area contributed by atoms with E-state index < -0.39 is 0 Å². The Balaban J connectivity index is 2.39. The minimum absolute atomic E-state index is 1.11. The fourth-order valence-electron chi connectivity index (χ4n) is 1.71. The first-order valence-electron chi connectivity index (χ1n) is 5.38. The Morgan fingerprint density at radius 2 is 2.13 bits per heavy atom. The summed E-state index contributed by atoms with van der Waals surface area (Å²) >= 11 is 3.56. The first kappa shape index (κ1) is 10.6. The Hall–Kier alpha value is -0.890. The minimum Gasteiger partial charge on any atom is -0.205 e. The van der Waals surface area contributed by atoms with E-state index >= 15 is 0 Å². The van der Waals surface area contributed by atoms with E-state index in [1.165, 1.54) is 28.1 Å².